The standard InChI is InChI=1S/C57H102O6/c1-4-7-10-13-16-19-21-23-24-25-26-27-28-29-30-31-32-34-35-38-41-44-47-50-56(59)62-53-54(52-61-55(58)49-46-43-40-37-18-15-12-9-6-3)63-57(60)51-48-45-42-39-36-33-22-20-17-14-11-8-5-2/h8,11,17,20,33,36,42,45,54H,4-7,9-10,12-16,18-19,21-32,34-35,37-41,43-44,46-53H2,1-3H3/b11-8-,20-17-,36-33-,45-42-. The van der Waals surface area contributed by atoms with Gasteiger partial charge in [-0.25, -0.2) is 0 Å². The second-order valence-corrected chi connectivity index (χ2v) is 18.1. The van der Waals surface area contributed by atoms with Crippen molar-refractivity contribution in [3.05, 3.63) is 48.6 Å². The Hall–Kier alpha value is -2.63. The third kappa shape index (κ3) is 50.2. The highest BCUT2D eigenvalue weighted by Crippen LogP contribution is 2.17. The quantitative estimate of drug-likeness (QED) is 0.0262. The summed E-state index contributed by atoms with van der Waals surface area (Å²) in [5.74, 6) is -0.973. The fourth-order valence-electron chi connectivity index (χ4n) is 7.81. The predicted octanol–water partition coefficient (Wildman–Crippen LogP) is 17.9. The van der Waals surface area contributed by atoms with Crippen molar-refractivity contribution in [3.63, 3.8) is 0 Å². The van der Waals surface area contributed by atoms with E-state index in [9.17, 15) is 14.4 Å². The molecule has 366 valence electrons. The lowest BCUT2D eigenvalue weighted by atomic mass is 10.0. The molecule has 0 N–H and O–H groups in total. The molecule has 6 heteroatoms. The first-order valence-corrected chi connectivity index (χ1v) is 27.1. The highest BCUT2D eigenvalue weighted by molar-refractivity contribution is 5.71. The fraction of sp³-hybridized carbons (Fsp3) is 0.807. The Morgan fingerprint density at radius 1 is 0.333 bits per heavy atom. The molecular formula is C57H102O6. The zero-order valence-corrected chi connectivity index (χ0v) is 41.8. The second kappa shape index (κ2) is 52.0. The van der Waals surface area contributed by atoms with Crippen LogP contribution in [0, 0.1) is 0 Å². The fourth-order valence-corrected chi connectivity index (χ4v) is 7.81. The summed E-state index contributed by atoms with van der Waals surface area (Å²) < 4.78 is 16.7. The lowest BCUT2D eigenvalue weighted by molar-refractivity contribution is -0.166. The second-order valence-electron chi connectivity index (χ2n) is 18.1. The van der Waals surface area contributed by atoms with Crippen molar-refractivity contribution in [1.82, 2.24) is 0 Å². The van der Waals surface area contributed by atoms with E-state index in [0.717, 1.165) is 64.2 Å². The van der Waals surface area contributed by atoms with E-state index in [4.69, 9.17) is 14.2 Å². The Balaban J connectivity index is 4.22. The Labute approximate surface area is 390 Å². The molecule has 63 heavy (non-hydrogen) atoms. The first-order chi connectivity index (χ1) is 31.0. The largest absolute Gasteiger partial charge is 0.462 e. The summed E-state index contributed by atoms with van der Waals surface area (Å²) in [5, 5.41) is 0. The molecule has 0 radical (unpaired) electrons. The van der Waals surface area contributed by atoms with Gasteiger partial charge in [0.2, 0.25) is 0 Å². The lowest BCUT2D eigenvalue weighted by Gasteiger charge is -2.18. The van der Waals surface area contributed by atoms with Crippen LogP contribution in [-0.4, -0.2) is 37.2 Å². The zero-order valence-electron chi connectivity index (χ0n) is 41.8. The Morgan fingerprint density at radius 3 is 0.937 bits per heavy atom. The number of hydrogen-bond donors (Lipinski definition) is 0. The summed E-state index contributed by atoms with van der Waals surface area (Å²) in [4.78, 5) is 37.8. The summed E-state index contributed by atoms with van der Waals surface area (Å²) in [7, 11) is 0. The van der Waals surface area contributed by atoms with Gasteiger partial charge < -0.3 is 14.2 Å². The van der Waals surface area contributed by atoms with Crippen LogP contribution in [-0.2, 0) is 28.6 Å². The van der Waals surface area contributed by atoms with Crippen LogP contribution in [0.25, 0.3) is 0 Å². The number of carbonyl (C=O) groups is 3. The Kier molecular flexibility index (Phi) is 49.8. The zero-order chi connectivity index (χ0) is 45.8. The third-order valence-corrected chi connectivity index (χ3v) is 11.9. The highest BCUT2D eigenvalue weighted by atomic mass is 16.6. The molecule has 0 bridgehead atoms. The molecule has 0 spiro atoms. The van der Waals surface area contributed by atoms with E-state index in [1.807, 2.05) is 12.2 Å². The van der Waals surface area contributed by atoms with E-state index in [1.54, 1.807) is 0 Å². The van der Waals surface area contributed by atoms with Crippen molar-refractivity contribution in [2.45, 2.75) is 284 Å². The molecule has 1 unspecified atom stereocenters. The summed E-state index contributed by atoms with van der Waals surface area (Å²) in [6, 6.07) is 0. The molecule has 0 aromatic rings. The molecule has 0 amide bonds. The summed E-state index contributed by atoms with van der Waals surface area (Å²) in [6.45, 7) is 6.47. The Morgan fingerprint density at radius 2 is 0.619 bits per heavy atom. The number of allylic oxidation sites excluding steroid dienone is 8. The van der Waals surface area contributed by atoms with Crippen molar-refractivity contribution >= 4 is 17.9 Å². The summed E-state index contributed by atoms with van der Waals surface area (Å²) >= 11 is 0. The average Bonchev–Trinajstić information content (AvgIpc) is 3.28. The van der Waals surface area contributed by atoms with E-state index in [2.05, 4.69) is 57.2 Å². The topological polar surface area (TPSA) is 78.9 Å². The molecule has 0 fully saturated rings. The molecule has 1 atom stereocenters. The number of hydrogen-bond acceptors (Lipinski definition) is 6. The third-order valence-electron chi connectivity index (χ3n) is 11.9. The normalized spacial score (nSPS) is 12.4. The monoisotopic (exact) mass is 883 g/mol. The van der Waals surface area contributed by atoms with Crippen molar-refractivity contribution in [2.75, 3.05) is 13.2 Å². The average molecular weight is 883 g/mol. The molecule has 0 rings (SSSR count). The van der Waals surface area contributed by atoms with Gasteiger partial charge in [0.25, 0.3) is 0 Å². The van der Waals surface area contributed by atoms with Gasteiger partial charge in [0.05, 0.1) is 0 Å². The minimum atomic E-state index is -0.805. The van der Waals surface area contributed by atoms with Crippen LogP contribution in [0.1, 0.15) is 278 Å². The van der Waals surface area contributed by atoms with Crippen LogP contribution in [0.15, 0.2) is 48.6 Å². The minimum absolute atomic E-state index is 0.0980. The van der Waals surface area contributed by atoms with Gasteiger partial charge in [0, 0.05) is 19.3 Å². The molecule has 0 saturated heterocycles. The van der Waals surface area contributed by atoms with E-state index in [0.29, 0.717) is 19.3 Å². The smallest absolute Gasteiger partial charge is 0.306 e. The minimum Gasteiger partial charge on any atom is -0.462 e. The van der Waals surface area contributed by atoms with E-state index >= 15 is 0 Å². The summed E-state index contributed by atoms with van der Waals surface area (Å²) in [6.07, 6.45) is 62.8. The number of unbranched alkanes of at least 4 members (excludes halogenated alkanes) is 30. The van der Waals surface area contributed by atoms with Crippen molar-refractivity contribution in [1.29, 1.82) is 0 Å². The number of carbonyl (C=O) groups excluding carboxylic acids is 3. The van der Waals surface area contributed by atoms with Crippen LogP contribution < -0.4 is 0 Å². The van der Waals surface area contributed by atoms with E-state index < -0.39 is 6.10 Å². The van der Waals surface area contributed by atoms with Crippen LogP contribution in [0.5, 0.6) is 0 Å². The maximum atomic E-state index is 12.7. The molecule has 0 aromatic carbocycles. The molecule has 0 saturated carbocycles. The van der Waals surface area contributed by atoms with Gasteiger partial charge in [-0.05, 0) is 44.9 Å². The molecule has 0 heterocycles. The van der Waals surface area contributed by atoms with Crippen molar-refractivity contribution < 1.29 is 28.6 Å². The SMILES string of the molecule is CC/C=C\C/C=C\C/C=C\C/C=C\CCC(=O)OC(COC(=O)CCCCCCCCCCC)COC(=O)CCCCCCCCCCCCCCCCCCCCCCCCC. The van der Waals surface area contributed by atoms with E-state index in [-0.39, 0.29) is 37.5 Å². The first kappa shape index (κ1) is 60.4. The van der Waals surface area contributed by atoms with Gasteiger partial charge in [-0.2, -0.15) is 0 Å². The van der Waals surface area contributed by atoms with Crippen molar-refractivity contribution in [3.8, 4) is 0 Å². The maximum Gasteiger partial charge on any atom is 0.306 e. The van der Waals surface area contributed by atoms with Gasteiger partial charge in [-0.15, -0.1) is 0 Å². The van der Waals surface area contributed by atoms with Gasteiger partial charge >= 0.3 is 17.9 Å². The number of esters is 3. The van der Waals surface area contributed by atoms with Gasteiger partial charge in [0.15, 0.2) is 6.10 Å². The molecule has 0 aliphatic heterocycles. The lowest BCUT2D eigenvalue weighted by Crippen LogP contribution is -2.30. The maximum absolute atomic E-state index is 12.7. The van der Waals surface area contributed by atoms with Crippen LogP contribution >= 0.6 is 0 Å². The van der Waals surface area contributed by atoms with E-state index in [1.165, 1.54) is 167 Å². The Bertz CT molecular complexity index is 1110. The highest BCUT2D eigenvalue weighted by Gasteiger charge is 2.19. The van der Waals surface area contributed by atoms with Gasteiger partial charge in [-0.1, -0.05) is 262 Å². The number of rotatable bonds is 49. The molecule has 6 nitrogen and oxygen atoms in total. The first-order valence-electron chi connectivity index (χ1n) is 27.1. The van der Waals surface area contributed by atoms with Gasteiger partial charge in [-0.3, -0.25) is 14.4 Å². The molecule has 0 aliphatic carbocycles. The molecular weight excluding hydrogens is 781 g/mol. The predicted molar refractivity (Wildman–Crippen MR) is 270 cm³/mol. The van der Waals surface area contributed by atoms with Crippen LogP contribution in [0.3, 0.4) is 0 Å². The molecule has 0 aliphatic rings. The van der Waals surface area contributed by atoms with Crippen molar-refractivity contribution in [2.24, 2.45) is 0 Å². The number of ether oxygens (including phenoxy) is 3. The van der Waals surface area contributed by atoms with Gasteiger partial charge in [0.1, 0.15) is 13.2 Å². The van der Waals surface area contributed by atoms with Crippen LogP contribution in [0.4, 0.5) is 0 Å². The molecule has 0 aromatic heterocycles. The van der Waals surface area contributed by atoms with Crippen LogP contribution in [0.2, 0.25) is 0 Å². The summed E-state index contributed by atoms with van der Waals surface area (Å²) in [5.41, 5.74) is 0.